The van der Waals surface area contributed by atoms with Gasteiger partial charge in [0.1, 0.15) is 0 Å². The van der Waals surface area contributed by atoms with E-state index in [0.717, 1.165) is 22.6 Å². The van der Waals surface area contributed by atoms with Crippen LogP contribution in [0.4, 0.5) is 0 Å². The predicted octanol–water partition coefficient (Wildman–Crippen LogP) is 4.25. The Balaban J connectivity index is 1.79. The van der Waals surface area contributed by atoms with Crippen LogP contribution < -0.4 is 0 Å². The second kappa shape index (κ2) is 7.68. The molecule has 2 aromatic heterocycles. The van der Waals surface area contributed by atoms with Crippen LogP contribution in [0.15, 0.2) is 29.4 Å². The van der Waals surface area contributed by atoms with Gasteiger partial charge in [-0.05, 0) is 81.3 Å². The summed E-state index contributed by atoms with van der Waals surface area (Å²) in [5.74, 6) is 0.391. The zero-order chi connectivity index (χ0) is 19.7. The molecule has 0 bridgehead atoms. The number of aryl methyl sites for hydroxylation is 3. The molecule has 0 N–H and O–H groups in total. The summed E-state index contributed by atoms with van der Waals surface area (Å²) in [5.41, 5.74) is 6.19. The maximum atomic E-state index is 12.8. The molecule has 27 heavy (non-hydrogen) atoms. The minimum Gasteiger partial charge on any atom is -0.346 e. The van der Waals surface area contributed by atoms with Gasteiger partial charge in [0.15, 0.2) is 5.78 Å². The van der Waals surface area contributed by atoms with Crippen LogP contribution in [0.25, 0.3) is 5.69 Å². The molecule has 0 saturated heterocycles. The van der Waals surface area contributed by atoms with Gasteiger partial charge in [-0.2, -0.15) is 4.68 Å². The first-order chi connectivity index (χ1) is 12.8. The van der Waals surface area contributed by atoms with Crippen LogP contribution in [0.3, 0.4) is 0 Å². The van der Waals surface area contributed by atoms with Gasteiger partial charge in [0.05, 0.1) is 11.4 Å². The quantitative estimate of drug-likeness (QED) is 0.470. The topological polar surface area (TPSA) is 65.6 Å². The largest absolute Gasteiger partial charge is 0.346 e. The van der Waals surface area contributed by atoms with Crippen molar-refractivity contribution in [2.45, 2.75) is 52.7 Å². The van der Waals surface area contributed by atoms with Crippen molar-refractivity contribution in [2.75, 3.05) is 5.75 Å². The second-order valence-electron chi connectivity index (χ2n) is 7.10. The first-order valence-electron chi connectivity index (χ1n) is 9.00. The number of tetrazole rings is 1. The van der Waals surface area contributed by atoms with Crippen molar-refractivity contribution in [3.63, 3.8) is 0 Å². The van der Waals surface area contributed by atoms with Gasteiger partial charge in [-0.25, -0.2) is 0 Å². The molecule has 0 atom stereocenters. The molecule has 0 spiro atoms. The summed E-state index contributed by atoms with van der Waals surface area (Å²) in [7, 11) is 0. The lowest BCUT2D eigenvalue weighted by Gasteiger charge is -2.13. The second-order valence-corrected chi connectivity index (χ2v) is 8.04. The third-order valence-corrected chi connectivity index (χ3v) is 5.73. The zero-order valence-corrected chi connectivity index (χ0v) is 17.5. The first-order valence-corrected chi connectivity index (χ1v) is 9.98. The molecule has 0 radical (unpaired) electrons. The number of hydrogen-bond donors (Lipinski definition) is 0. The Bertz CT molecular complexity index is 986. The van der Waals surface area contributed by atoms with Crippen molar-refractivity contribution < 1.29 is 4.79 Å². The molecule has 0 aliphatic rings. The van der Waals surface area contributed by atoms with Crippen LogP contribution in [0.1, 0.15) is 52.8 Å². The van der Waals surface area contributed by atoms with Crippen molar-refractivity contribution in [2.24, 2.45) is 0 Å². The van der Waals surface area contributed by atoms with Crippen molar-refractivity contribution in [1.82, 2.24) is 24.8 Å². The van der Waals surface area contributed by atoms with Gasteiger partial charge < -0.3 is 4.57 Å². The number of carbonyl (C=O) groups is 1. The standard InChI is InChI=1S/C20H25N5OS/c1-12(2)24-15(5)10-18(16(24)6)19(26)11-27-20-21-22-23-25(20)17-8-7-13(3)14(4)9-17/h7-10,12H,11H2,1-6H3. The Morgan fingerprint density at radius 2 is 1.85 bits per heavy atom. The fourth-order valence-electron chi connectivity index (χ4n) is 3.35. The molecule has 6 nitrogen and oxygen atoms in total. The number of hydrogen-bond acceptors (Lipinski definition) is 5. The highest BCUT2D eigenvalue weighted by Crippen LogP contribution is 2.24. The van der Waals surface area contributed by atoms with Crippen LogP contribution in [0.2, 0.25) is 0 Å². The van der Waals surface area contributed by atoms with Gasteiger partial charge in [0.25, 0.3) is 0 Å². The van der Waals surface area contributed by atoms with E-state index in [1.54, 1.807) is 4.68 Å². The number of ketones is 1. The number of benzene rings is 1. The van der Waals surface area contributed by atoms with Crippen molar-refractivity contribution >= 4 is 17.5 Å². The summed E-state index contributed by atoms with van der Waals surface area (Å²) in [6.45, 7) is 12.4. The third kappa shape index (κ3) is 3.83. The van der Waals surface area contributed by atoms with Crippen molar-refractivity contribution in [3.05, 3.63) is 52.3 Å². The lowest BCUT2D eigenvalue weighted by Crippen LogP contribution is -2.09. The maximum Gasteiger partial charge on any atom is 0.214 e. The van der Waals surface area contributed by atoms with Gasteiger partial charge in [0.2, 0.25) is 5.16 Å². The number of carbonyl (C=O) groups excluding carboxylic acids is 1. The average molecular weight is 384 g/mol. The number of Topliss-reactive ketones (excluding diaryl/α,β-unsaturated/α-hetero) is 1. The summed E-state index contributed by atoms with van der Waals surface area (Å²) in [4.78, 5) is 12.8. The van der Waals surface area contributed by atoms with E-state index < -0.39 is 0 Å². The van der Waals surface area contributed by atoms with E-state index in [-0.39, 0.29) is 5.78 Å². The normalized spacial score (nSPS) is 11.4. The van der Waals surface area contributed by atoms with Crippen LogP contribution in [-0.4, -0.2) is 36.3 Å². The van der Waals surface area contributed by atoms with E-state index in [9.17, 15) is 4.79 Å². The number of nitrogens with zero attached hydrogens (tertiary/aromatic N) is 5. The molecule has 3 rings (SSSR count). The highest BCUT2D eigenvalue weighted by molar-refractivity contribution is 7.99. The minimum atomic E-state index is 0.0923. The fourth-order valence-corrected chi connectivity index (χ4v) is 4.12. The van der Waals surface area contributed by atoms with Crippen molar-refractivity contribution in [3.8, 4) is 5.69 Å². The molecule has 0 saturated carbocycles. The van der Waals surface area contributed by atoms with Gasteiger partial charge in [-0.1, -0.05) is 17.8 Å². The van der Waals surface area contributed by atoms with E-state index in [0.29, 0.717) is 17.0 Å². The van der Waals surface area contributed by atoms with Crippen LogP contribution >= 0.6 is 11.8 Å². The van der Waals surface area contributed by atoms with E-state index in [1.165, 1.54) is 22.9 Å². The SMILES string of the molecule is Cc1ccc(-n2nnnc2SCC(=O)c2cc(C)n(C(C)C)c2C)cc1C. The summed E-state index contributed by atoms with van der Waals surface area (Å²) >= 11 is 1.36. The van der Waals surface area contributed by atoms with E-state index in [2.05, 4.69) is 47.8 Å². The number of aromatic nitrogens is 5. The molecule has 142 valence electrons. The molecule has 1 aromatic carbocycles. The van der Waals surface area contributed by atoms with Crippen LogP contribution in [0, 0.1) is 27.7 Å². The fraction of sp³-hybridized carbons (Fsp3) is 0.400. The number of thioether (sulfide) groups is 1. The summed E-state index contributed by atoms with van der Waals surface area (Å²) in [6.07, 6.45) is 0. The Labute approximate surface area is 164 Å². The first kappa shape index (κ1) is 19.4. The Hall–Kier alpha value is -2.41. The Morgan fingerprint density at radius 1 is 1.11 bits per heavy atom. The predicted molar refractivity (Wildman–Crippen MR) is 108 cm³/mol. The van der Waals surface area contributed by atoms with Gasteiger partial charge in [-0.3, -0.25) is 4.79 Å². The summed E-state index contributed by atoms with van der Waals surface area (Å²) < 4.78 is 3.87. The molecule has 0 unspecified atom stereocenters. The molecule has 0 aliphatic heterocycles. The Kier molecular flexibility index (Phi) is 5.51. The highest BCUT2D eigenvalue weighted by Gasteiger charge is 2.19. The molecular formula is C20H25N5OS. The molecule has 0 amide bonds. The molecule has 3 aromatic rings. The van der Waals surface area contributed by atoms with Gasteiger partial charge >= 0.3 is 0 Å². The molecule has 7 heteroatoms. The summed E-state index contributed by atoms with van der Waals surface area (Å²) in [5, 5.41) is 12.6. The van der Waals surface area contributed by atoms with E-state index in [4.69, 9.17) is 0 Å². The molecular weight excluding hydrogens is 358 g/mol. The molecule has 0 aliphatic carbocycles. The van der Waals surface area contributed by atoms with Crippen molar-refractivity contribution in [1.29, 1.82) is 0 Å². The van der Waals surface area contributed by atoms with Gasteiger partial charge in [-0.15, -0.1) is 5.10 Å². The zero-order valence-electron chi connectivity index (χ0n) is 16.6. The van der Waals surface area contributed by atoms with E-state index >= 15 is 0 Å². The number of rotatable bonds is 6. The summed E-state index contributed by atoms with van der Waals surface area (Å²) in [6, 6.07) is 8.39. The highest BCUT2D eigenvalue weighted by atomic mass is 32.2. The molecule has 2 heterocycles. The lowest BCUT2D eigenvalue weighted by molar-refractivity contribution is 0.102. The average Bonchev–Trinajstić information content (AvgIpc) is 3.19. The Morgan fingerprint density at radius 3 is 2.48 bits per heavy atom. The van der Waals surface area contributed by atoms with Crippen LogP contribution in [-0.2, 0) is 0 Å². The van der Waals surface area contributed by atoms with Crippen LogP contribution in [0.5, 0.6) is 0 Å². The molecule has 0 fully saturated rings. The monoisotopic (exact) mass is 383 g/mol. The third-order valence-electron chi connectivity index (χ3n) is 4.81. The maximum absolute atomic E-state index is 12.8. The van der Waals surface area contributed by atoms with E-state index in [1.807, 2.05) is 38.1 Å². The lowest BCUT2D eigenvalue weighted by atomic mass is 10.1. The smallest absolute Gasteiger partial charge is 0.214 e. The van der Waals surface area contributed by atoms with Gasteiger partial charge in [0, 0.05) is 23.0 Å². The minimum absolute atomic E-state index is 0.0923.